The third-order valence-corrected chi connectivity index (χ3v) is 3.06. The number of nitrogens with zero attached hydrogens (tertiary/aromatic N) is 1. The molecule has 0 radical (unpaired) electrons. The molecule has 0 amide bonds. The zero-order chi connectivity index (χ0) is 13.0. The van der Waals surface area contributed by atoms with Crippen molar-refractivity contribution < 1.29 is 18.3 Å². The van der Waals surface area contributed by atoms with Crippen LogP contribution in [0, 0.1) is 0 Å². The predicted molar refractivity (Wildman–Crippen MR) is 65.2 cm³/mol. The maximum Gasteiger partial charge on any atom is 0.310 e. The topological polar surface area (TPSA) is 39.2 Å². The van der Waals surface area contributed by atoms with Gasteiger partial charge in [-0.1, -0.05) is 15.9 Å². The maximum atomic E-state index is 12.9. The van der Waals surface area contributed by atoms with Gasteiger partial charge in [-0.25, -0.2) is 13.8 Å². The van der Waals surface area contributed by atoms with Crippen molar-refractivity contribution in [2.75, 3.05) is 7.11 Å². The summed E-state index contributed by atoms with van der Waals surface area (Å²) >= 11 is 6.22. The van der Waals surface area contributed by atoms with Gasteiger partial charge in [0.05, 0.1) is 19.2 Å². The Bertz CT molecular complexity index is 427. The van der Waals surface area contributed by atoms with Gasteiger partial charge in [-0.15, -0.1) is 0 Å². The lowest BCUT2D eigenvalue weighted by atomic mass is 10.0. The van der Waals surface area contributed by atoms with Crippen LogP contribution in [0.3, 0.4) is 0 Å². The van der Waals surface area contributed by atoms with Gasteiger partial charge in [0.1, 0.15) is 4.60 Å². The Kier molecular flexibility index (Phi) is 5.45. The molecule has 0 saturated carbocycles. The van der Waals surface area contributed by atoms with Crippen LogP contribution in [-0.2, 0) is 21.3 Å². The van der Waals surface area contributed by atoms with Crippen LogP contribution >= 0.6 is 31.9 Å². The number of halogens is 4. The Morgan fingerprint density at radius 1 is 1.59 bits per heavy atom. The molecule has 1 rings (SSSR count). The number of esters is 1. The van der Waals surface area contributed by atoms with Crippen LogP contribution < -0.4 is 0 Å². The summed E-state index contributed by atoms with van der Waals surface area (Å²) in [4.78, 5) is 15.2. The number of hydrogen-bond donors (Lipinski definition) is 0. The zero-order valence-electron chi connectivity index (χ0n) is 8.84. The average Bonchev–Trinajstić information content (AvgIpc) is 2.30. The van der Waals surface area contributed by atoms with Crippen molar-refractivity contribution in [2.24, 2.45) is 0 Å². The maximum absolute atomic E-state index is 12.9. The van der Waals surface area contributed by atoms with Crippen molar-refractivity contribution in [3.8, 4) is 0 Å². The van der Waals surface area contributed by atoms with Crippen molar-refractivity contribution in [3.05, 3.63) is 27.5 Å². The van der Waals surface area contributed by atoms with Gasteiger partial charge in [-0.05, 0) is 27.6 Å². The van der Waals surface area contributed by atoms with Gasteiger partial charge in [0, 0.05) is 10.9 Å². The van der Waals surface area contributed by atoms with Gasteiger partial charge in [0.25, 0.3) is 6.43 Å². The first-order valence-electron chi connectivity index (χ1n) is 4.58. The molecule has 0 N–H and O–H groups in total. The highest BCUT2D eigenvalue weighted by Gasteiger charge is 2.20. The highest BCUT2D eigenvalue weighted by Crippen LogP contribution is 2.29. The first-order valence-corrected chi connectivity index (χ1v) is 6.50. The summed E-state index contributed by atoms with van der Waals surface area (Å²) in [5.41, 5.74) is 0.415. The Morgan fingerprint density at radius 3 is 2.71 bits per heavy atom. The number of hydrogen-bond acceptors (Lipinski definition) is 3. The molecular weight excluding hydrogens is 364 g/mol. The highest BCUT2D eigenvalue weighted by molar-refractivity contribution is 9.10. The van der Waals surface area contributed by atoms with Crippen LogP contribution in [0.25, 0.3) is 0 Å². The monoisotopic (exact) mass is 371 g/mol. The van der Waals surface area contributed by atoms with Gasteiger partial charge >= 0.3 is 5.97 Å². The number of carbonyl (C=O) groups excluding carboxylic acids is 1. The van der Waals surface area contributed by atoms with Gasteiger partial charge in [-0.2, -0.15) is 0 Å². The van der Waals surface area contributed by atoms with E-state index in [-0.39, 0.29) is 17.5 Å². The lowest BCUT2D eigenvalue weighted by molar-refractivity contribution is -0.139. The summed E-state index contributed by atoms with van der Waals surface area (Å²) in [5.74, 6) is -0.571. The minimum absolute atomic E-state index is 0.202. The lowest BCUT2D eigenvalue weighted by Gasteiger charge is -2.12. The summed E-state index contributed by atoms with van der Waals surface area (Å²) < 4.78 is 30.5. The molecule has 0 aromatic carbocycles. The van der Waals surface area contributed by atoms with E-state index in [0.29, 0.717) is 15.6 Å². The summed E-state index contributed by atoms with van der Waals surface area (Å²) in [5, 5.41) is 0.290. The van der Waals surface area contributed by atoms with E-state index in [4.69, 9.17) is 0 Å². The van der Waals surface area contributed by atoms with Crippen molar-refractivity contribution >= 4 is 37.8 Å². The van der Waals surface area contributed by atoms with E-state index in [0.717, 1.165) is 0 Å². The summed E-state index contributed by atoms with van der Waals surface area (Å²) in [7, 11) is 1.21. The van der Waals surface area contributed by atoms with Crippen LogP contribution in [0.2, 0.25) is 0 Å². The summed E-state index contributed by atoms with van der Waals surface area (Å²) in [6, 6.07) is 1.22. The number of alkyl halides is 3. The number of rotatable bonds is 4. The highest BCUT2D eigenvalue weighted by atomic mass is 79.9. The van der Waals surface area contributed by atoms with Crippen molar-refractivity contribution in [1.29, 1.82) is 0 Å². The van der Waals surface area contributed by atoms with Gasteiger partial charge in [-0.3, -0.25) is 4.79 Å². The van der Waals surface area contributed by atoms with Gasteiger partial charge in [0.2, 0.25) is 0 Å². The molecule has 0 aliphatic carbocycles. The third kappa shape index (κ3) is 3.70. The molecule has 3 nitrogen and oxygen atoms in total. The second-order valence-corrected chi connectivity index (χ2v) is 4.52. The van der Waals surface area contributed by atoms with Crippen LogP contribution in [-0.4, -0.2) is 18.1 Å². The molecule has 1 aromatic heterocycles. The summed E-state index contributed by atoms with van der Waals surface area (Å²) in [6.45, 7) is 0. The van der Waals surface area contributed by atoms with E-state index in [1.807, 2.05) is 0 Å². The SMILES string of the molecule is COC(=O)Cc1c(C(F)F)cc(Br)nc1CBr. The number of ether oxygens (including phenoxy) is 1. The molecular formula is C10H9Br2F2NO2. The van der Waals surface area contributed by atoms with Crippen molar-refractivity contribution in [2.45, 2.75) is 18.2 Å². The standard InChI is InChI=1S/C10H9Br2F2NO2/c1-17-9(16)3-5-6(10(13)14)2-8(12)15-7(5)4-11/h2,10H,3-4H2,1H3. The quantitative estimate of drug-likeness (QED) is 0.462. The van der Waals surface area contributed by atoms with E-state index in [2.05, 4.69) is 41.6 Å². The molecule has 0 aliphatic rings. The van der Waals surface area contributed by atoms with Crippen LogP contribution in [0.4, 0.5) is 8.78 Å². The molecule has 0 bridgehead atoms. The number of pyridine rings is 1. The van der Waals surface area contributed by atoms with E-state index >= 15 is 0 Å². The van der Waals surface area contributed by atoms with Crippen LogP contribution in [0.1, 0.15) is 23.2 Å². The molecule has 0 aliphatic heterocycles. The van der Waals surface area contributed by atoms with E-state index in [9.17, 15) is 13.6 Å². The fourth-order valence-electron chi connectivity index (χ4n) is 1.34. The zero-order valence-corrected chi connectivity index (χ0v) is 12.0. The Balaban J connectivity index is 3.26. The number of carbonyl (C=O) groups is 1. The number of methoxy groups -OCH3 is 1. The van der Waals surface area contributed by atoms with Crippen molar-refractivity contribution in [3.63, 3.8) is 0 Å². The molecule has 0 fully saturated rings. The molecule has 0 saturated heterocycles. The smallest absolute Gasteiger partial charge is 0.310 e. The minimum atomic E-state index is -2.66. The van der Waals surface area contributed by atoms with Gasteiger partial charge in [0.15, 0.2) is 0 Å². The largest absolute Gasteiger partial charge is 0.469 e. The van der Waals surface area contributed by atoms with E-state index < -0.39 is 12.4 Å². The van der Waals surface area contributed by atoms with Crippen LogP contribution in [0.15, 0.2) is 10.7 Å². The molecule has 17 heavy (non-hydrogen) atoms. The fraction of sp³-hybridized carbons (Fsp3) is 0.400. The molecule has 1 heterocycles. The van der Waals surface area contributed by atoms with Gasteiger partial charge < -0.3 is 4.74 Å². The Hall–Kier alpha value is -0.560. The molecule has 7 heteroatoms. The molecule has 1 aromatic rings. The molecule has 94 valence electrons. The molecule has 0 atom stereocenters. The average molecular weight is 373 g/mol. The Morgan fingerprint density at radius 2 is 2.24 bits per heavy atom. The normalized spacial score (nSPS) is 10.7. The van der Waals surface area contributed by atoms with Crippen molar-refractivity contribution in [1.82, 2.24) is 4.98 Å². The first kappa shape index (κ1) is 14.5. The lowest BCUT2D eigenvalue weighted by Crippen LogP contribution is -2.11. The number of aromatic nitrogens is 1. The third-order valence-electron chi connectivity index (χ3n) is 2.12. The second kappa shape index (κ2) is 6.39. The van der Waals surface area contributed by atoms with E-state index in [1.54, 1.807) is 0 Å². The Labute approximate surface area is 114 Å². The first-order chi connectivity index (χ1) is 7.99. The molecule has 0 spiro atoms. The minimum Gasteiger partial charge on any atom is -0.469 e. The molecule has 0 unspecified atom stereocenters. The van der Waals surface area contributed by atoms with E-state index in [1.165, 1.54) is 13.2 Å². The second-order valence-electron chi connectivity index (χ2n) is 3.15. The van der Waals surface area contributed by atoms with Crippen LogP contribution in [0.5, 0.6) is 0 Å². The summed E-state index contributed by atoms with van der Waals surface area (Å²) in [6.07, 6.45) is -2.87. The fourth-order valence-corrected chi connectivity index (χ4v) is 2.26. The predicted octanol–water partition coefficient (Wildman–Crippen LogP) is 3.39.